The highest BCUT2D eigenvalue weighted by Gasteiger charge is 2.28. The van der Waals surface area contributed by atoms with Gasteiger partial charge in [-0.25, -0.2) is 4.79 Å². The van der Waals surface area contributed by atoms with Gasteiger partial charge < -0.3 is 14.8 Å². The van der Waals surface area contributed by atoms with E-state index >= 15 is 0 Å². The molecule has 1 heterocycles. The third-order valence-corrected chi connectivity index (χ3v) is 2.70. The molecule has 5 nitrogen and oxygen atoms in total. The highest BCUT2D eigenvalue weighted by Crippen LogP contribution is 2.14. The quantitative estimate of drug-likeness (QED) is 0.780. The lowest BCUT2D eigenvalue weighted by molar-refractivity contribution is 0.0114. The molecular formula is C9H16Cl2N2O3. The van der Waals surface area contributed by atoms with Crippen LogP contribution in [0.3, 0.4) is 0 Å². The third-order valence-electron chi connectivity index (χ3n) is 2.22. The van der Waals surface area contributed by atoms with Gasteiger partial charge in [-0.3, -0.25) is 4.90 Å². The molecule has 1 fully saturated rings. The molecule has 1 amide bonds. The van der Waals surface area contributed by atoms with Crippen LogP contribution in [0.15, 0.2) is 0 Å². The number of amides is 1. The number of nitrogens with one attached hydrogen (secondary N) is 1. The molecule has 7 heteroatoms. The molecule has 0 aliphatic carbocycles. The van der Waals surface area contributed by atoms with E-state index in [0.29, 0.717) is 32.9 Å². The van der Waals surface area contributed by atoms with Crippen molar-refractivity contribution >= 4 is 29.3 Å². The minimum Gasteiger partial charge on any atom is -0.450 e. The predicted octanol–water partition coefficient (Wildman–Crippen LogP) is 1.19. The van der Waals surface area contributed by atoms with Gasteiger partial charge in [0.25, 0.3) is 0 Å². The number of hydrogen-bond acceptors (Lipinski definition) is 4. The summed E-state index contributed by atoms with van der Waals surface area (Å²) in [5.74, 6) is 0. The topological polar surface area (TPSA) is 50.8 Å². The Balaban J connectivity index is 2.48. The summed E-state index contributed by atoms with van der Waals surface area (Å²) in [5, 5.41) is 2.63. The number of nitrogens with zero attached hydrogens (tertiary/aromatic N) is 1. The van der Waals surface area contributed by atoms with Crippen LogP contribution in [0, 0.1) is 0 Å². The van der Waals surface area contributed by atoms with Crippen molar-refractivity contribution in [3.63, 3.8) is 0 Å². The lowest BCUT2D eigenvalue weighted by atomic mass is 10.3. The van der Waals surface area contributed by atoms with E-state index in [0.717, 1.165) is 0 Å². The summed E-state index contributed by atoms with van der Waals surface area (Å²) in [5.41, 5.74) is 0. The maximum atomic E-state index is 11.3. The Kier molecular flexibility index (Phi) is 6.20. The monoisotopic (exact) mass is 270 g/mol. The first kappa shape index (κ1) is 13.8. The Morgan fingerprint density at radius 3 is 2.62 bits per heavy atom. The number of alkyl halides is 2. The molecule has 1 aliphatic heterocycles. The summed E-state index contributed by atoms with van der Waals surface area (Å²) < 4.78 is 10.00. The Morgan fingerprint density at radius 2 is 2.12 bits per heavy atom. The molecule has 0 aromatic carbocycles. The highest BCUT2D eigenvalue weighted by atomic mass is 35.5. The molecule has 0 radical (unpaired) electrons. The van der Waals surface area contributed by atoms with Crippen molar-refractivity contribution in [2.75, 3.05) is 32.9 Å². The number of morpholine rings is 1. The van der Waals surface area contributed by atoms with E-state index in [9.17, 15) is 4.79 Å². The van der Waals surface area contributed by atoms with Crippen LogP contribution in [0.2, 0.25) is 0 Å². The molecule has 0 saturated carbocycles. The second-order valence-corrected chi connectivity index (χ2v) is 4.46. The third kappa shape index (κ3) is 4.33. The van der Waals surface area contributed by atoms with Crippen LogP contribution >= 0.6 is 23.2 Å². The van der Waals surface area contributed by atoms with Crippen LogP contribution in [-0.2, 0) is 9.47 Å². The molecule has 0 aromatic heterocycles. The fraction of sp³-hybridized carbons (Fsp3) is 0.889. The summed E-state index contributed by atoms with van der Waals surface area (Å²) in [6.07, 6.45) is -0.948. The summed E-state index contributed by atoms with van der Waals surface area (Å²) in [6.45, 7) is 4.65. The molecular weight excluding hydrogens is 255 g/mol. The van der Waals surface area contributed by atoms with Crippen LogP contribution in [0.1, 0.15) is 6.92 Å². The maximum absolute atomic E-state index is 11.3. The van der Waals surface area contributed by atoms with E-state index < -0.39 is 17.1 Å². The fourth-order valence-electron chi connectivity index (χ4n) is 1.46. The van der Waals surface area contributed by atoms with Gasteiger partial charge in [-0.2, -0.15) is 0 Å². The second-order valence-electron chi connectivity index (χ2n) is 3.29. The van der Waals surface area contributed by atoms with Crippen LogP contribution < -0.4 is 5.32 Å². The Hall–Kier alpha value is -0.230. The van der Waals surface area contributed by atoms with Gasteiger partial charge in [-0.05, 0) is 6.92 Å². The molecule has 0 bridgehead atoms. The van der Waals surface area contributed by atoms with E-state index in [1.807, 2.05) is 4.90 Å². The molecule has 1 aliphatic rings. The van der Waals surface area contributed by atoms with Gasteiger partial charge in [0.2, 0.25) is 0 Å². The van der Waals surface area contributed by atoms with E-state index in [1.165, 1.54) is 0 Å². The first-order chi connectivity index (χ1) is 7.65. The van der Waals surface area contributed by atoms with Crippen molar-refractivity contribution in [3.05, 3.63) is 0 Å². The van der Waals surface area contributed by atoms with Gasteiger partial charge in [0.15, 0.2) is 0 Å². The number of carbonyl (C=O) groups excluding carboxylic acids is 1. The van der Waals surface area contributed by atoms with Crippen molar-refractivity contribution in [3.8, 4) is 0 Å². The van der Waals surface area contributed by atoms with E-state index in [-0.39, 0.29) is 0 Å². The van der Waals surface area contributed by atoms with Crippen molar-refractivity contribution < 1.29 is 14.3 Å². The van der Waals surface area contributed by atoms with Crippen molar-refractivity contribution in [1.29, 1.82) is 0 Å². The molecule has 0 spiro atoms. The molecule has 16 heavy (non-hydrogen) atoms. The first-order valence-electron chi connectivity index (χ1n) is 5.18. The normalized spacial score (nSPS) is 19.5. The van der Waals surface area contributed by atoms with Crippen LogP contribution in [0.25, 0.3) is 0 Å². The Labute approximate surface area is 105 Å². The molecule has 0 aromatic rings. The van der Waals surface area contributed by atoms with Crippen LogP contribution in [0.5, 0.6) is 0 Å². The van der Waals surface area contributed by atoms with E-state index in [2.05, 4.69) is 5.32 Å². The summed E-state index contributed by atoms with van der Waals surface area (Å²) >= 11 is 11.7. The van der Waals surface area contributed by atoms with Crippen molar-refractivity contribution in [2.45, 2.75) is 17.9 Å². The molecule has 1 saturated heterocycles. The lowest BCUT2D eigenvalue weighted by Gasteiger charge is -2.35. The average Bonchev–Trinajstić information content (AvgIpc) is 2.27. The lowest BCUT2D eigenvalue weighted by Crippen LogP contribution is -2.55. The molecule has 1 unspecified atom stereocenters. The smallest absolute Gasteiger partial charge is 0.408 e. The Bertz CT molecular complexity index is 223. The predicted molar refractivity (Wildman–Crippen MR) is 61.8 cm³/mol. The van der Waals surface area contributed by atoms with Crippen molar-refractivity contribution in [1.82, 2.24) is 10.2 Å². The zero-order valence-corrected chi connectivity index (χ0v) is 10.6. The highest BCUT2D eigenvalue weighted by molar-refractivity contribution is 6.44. The number of carbonyl (C=O) groups is 1. The van der Waals surface area contributed by atoms with Gasteiger partial charge in [-0.15, -0.1) is 23.2 Å². The number of hydrogen-bond donors (Lipinski definition) is 1. The minimum atomic E-state index is -0.706. The van der Waals surface area contributed by atoms with Crippen molar-refractivity contribution in [2.24, 2.45) is 0 Å². The summed E-state index contributed by atoms with van der Waals surface area (Å²) in [4.78, 5) is 12.5. The van der Waals surface area contributed by atoms with Crippen LogP contribution in [-0.4, -0.2) is 54.9 Å². The second kappa shape index (κ2) is 7.17. The van der Waals surface area contributed by atoms with E-state index in [4.69, 9.17) is 32.7 Å². The van der Waals surface area contributed by atoms with Gasteiger partial charge in [0.1, 0.15) is 11.0 Å². The minimum absolute atomic E-state index is 0.316. The van der Waals surface area contributed by atoms with Gasteiger partial charge in [0.05, 0.1) is 19.8 Å². The van der Waals surface area contributed by atoms with E-state index in [1.54, 1.807) is 6.92 Å². The number of rotatable bonds is 4. The Morgan fingerprint density at radius 1 is 1.50 bits per heavy atom. The molecule has 94 valence electrons. The standard InChI is InChI=1S/C9H16Cl2N2O3/c1-2-16-9(14)12-8(7(10)11)13-3-5-15-6-4-13/h7-8H,2-6H2,1H3,(H,12,14). The summed E-state index contributed by atoms with van der Waals surface area (Å²) in [7, 11) is 0. The van der Waals surface area contributed by atoms with Crippen LogP contribution in [0.4, 0.5) is 4.79 Å². The fourth-order valence-corrected chi connectivity index (χ4v) is 1.91. The van der Waals surface area contributed by atoms with Gasteiger partial charge in [0, 0.05) is 13.1 Å². The summed E-state index contributed by atoms with van der Waals surface area (Å²) in [6, 6.07) is 0. The number of alkyl carbamates (subject to hydrolysis) is 1. The van der Waals surface area contributed by atoms with Gasteiger partial charge >= 0.3 is 6.09 Å². The number of halogens is 2. The maximum Gasteiger partial charge on any atom is 0.408 e. The first-order valence-corrected chi connectivity index (χ1v) is 6.05. The number of ether oxygens (including phenoxy) is 2. The largest absolute Gasteiger partial charge is 0.450 e. The van der Waals surface area contributed by atoms with Gasteiger partial charge in [-0.1, -0.05) is 0 Å². The average molecular weight is 271 g/mol. The molecule has 1 N–H and O–H groups in total. The molecule has 1 atom stereocenters. The zero-order valence-electron chi connectivity index (χ0n) is 9.12. The molecule has 1 rings (SSSR count). The zero-order chi connectivity index (χ0) is 12.0. The SMILES string of the molecule is CCOC(=O)NC(C(Cl)Cl)N1CCOCC1.